The number of hydrogen-bond acceptors (Lipinski definition) is 5. The summed E-state index contributed by atoms with van der Waals surface area (Å²) in [6, 6.07) is 5.68. The molecule has 0 aliphatic carbocycles. The monoisotopic (exact) mass is 415 g/mol. The SMILES string of the molecule is O=C(Nc1ccc(N2CCOCC2)nc1)c1csc(I)c1. The van der Waals surface area contributed by atoms with Gasteiger partial charge in [0.2, 0.25) is 0 Å². The van der Waals surface area contributed by atoms with Gasteiger partial charge >= 0.3 is 0 Å². The number of rotatable bonds is 3. The van der Waals surface area contributed by atoms with Gasteiger partial charge in [0.05, 0.1) is 33.5 Å². The molecule has 0 radical (unpaired) electrons. The number of carbonyl (C=O) groups is 1. The predicted octanol–water partition coefficient (Wildman–Crippen LogP) is 2.84. The van der Waals surface area contributed by atoms with Crippen molar-refractivity contribution in [2.75, 3.05) is 36.5 Å². The first-order valence-corrected chi connectivity index (χ1v) is 8.52. The van der Waals surface area contributed by atoms with Crippen LogP contribution in [-0.2, 0) is 4.74 Å². The van der Waals surface area contributed by atoms with Gasteiger partial charge in [-0.25, -0.2) is 4.98 Å². The van der Waals surface area contributed by atoms with Gasteiger partial charge in [-0.15, -0.1) is 11.3 Å². The van der Waals surface area contributed by atoms with Crippen LogP contribution in [0.25, 0.3) is 0 Å². The van der Waals surface area contributed by atoms with Crippen LogP contribution in [0.1, 0.15) is 10.4 Å². The van der Waals surface area contributed by atoms with Crippen molar-refractivity contribution >= 4 is 51.3 Å². The van der Waals surface area contributed by atoms with E-state index in [-0.39, 0.29) is 5.91 Å². The molecule has 2 aromatic rings. The second-order valence-corrected chi connectivity index (χ2v) is 7.40. The molecule has 0 saturated carbocycles. The Morgan fingerprint density at radius 1 is 1.38 bits per heavy atom. The zero-order chi connectivity index (χ0) is 14.7. The van der Waals surface area contributed by atoms with Gasteiger partial charge in [0.1, 0.15) is 5.82 Å². The number of aromatic nitrogens is 1. The molecule has 0 atom stereocenters. The number of nitrogens with zero attached hydrogens (tertiary/aromatic N) is 2. The van der Waals surface area contributed by atoms with E-state index >= 15 is 0 Å². The van der Waals surface area contributed by atoms with Gasteiger partial charge in [0.15, 0.2) is 0 Å². The molecule has 1 N–H and O–H groups in total. The number of hydrogen-bond donors (Lipinski definition) is 1. The van der Waals surface area contributed by atoms with E-state index in [0.717, 1.165) is 35.0 Å². The minimum Gasteiger partial charge on any atom is -0.378 e. The van der Waals surface area contributed by atoms with Gasteiger partial charge in [-0.3, -0.25) is 4.79 Å². The van der Waals surface area contributed by atoms with Crippen molar-refractivity contribution in [2.24, 2.45) is 0 Å². The largest absolute Gasteiger partial charge is 0.378 e. The summed E-state index contributed by atoms with van der Waals surface area (Å²) in [5.74, 6) is 0.816. The van der Waals surface area contributed by atoms with E-state index in [1.54, 1.807) is 17.5 Å². The summed E-state index contributed by atoms with van der Waals surface area (Å²) < 4.78 is 6.42. The molecule has 1 saturated heterocycles. The molecular weight excluding hydrogens is 401 g/mol. The average Bonchev–Trinajstić information content (AvgIpc) is 2.96. The zero-order valence-electron chi connectivity index (χ0n) is 11.2. The number of nitrogens with one attached hydrogen (secondary N) is 1. The third-order valence-corrected chi connectivity index (χ3v) is 4.96. The highest BCUT2D eigenvalue weighted by Crippen LogP contribution is 2.19. The number of morpholine rings is 1. The molecule has 0 spiro atoms. The van der Waals surface area contributed by atoms with Crippen LogP contribution in [0.15, 0.2) is 29.8 Å². The van der Waals surface area contributed by atoms with E-state index in [1.165, 1.54) is 0 Å². The second-order valence-electron chi connectivity index (χ2n) is 4.60. The molecule has 0 bridgehead atoms. The molecule has 110 valence electrons. The van der Waals surface area contributed by atoms with Crippen molar-refractivity contribution in [1.29, 1.82) is 0 Å². The molecule has 0 unspecified atom stereocenters. The van der Waals surface area contributed by atoms with Gasteiger partial charge in [0, 0.05) is 18.5 Å². The lowest BCUT2D eigenvalue weighted by Gasteiger charge is -2.27. The van der Waals surface area contributed by atoms with Crippen LogP contribution >= 0.6 is 33.9 Å². The topological polar surface area (TPSA) is 54.5 Å². The third kappa shape index (κ3) is 3.72. The van der Waals surface area contributed by atoms with Gasteiger partial charge in [0.25, 0.3) is 5.91 Å². The molecule has 1 aliphatic heterocycles. The molecule has 7 heteroatoms. The minimum atomic E-state index is -0.102. The van der Waals surface area contributed by atoms with E-state index in [9.17, 15) is 4.79 Å². The quantitative estimate of drug-likeness (QED) is 0.784. The zero-order valence-corrected chi connectivity index (χ0v) is 14.2. The number of halogens is 1. The molecule has 3 rings (SSSR count). The summed E-state index contributed by atoms with van der Waals surface area (Å²) in [7, 11) is 0. The molecule has 1 aliphatic rings. The van der Waals surface area contributed by atoms with Gasteiger partial charge < -0.3 is 15.0 Å². The maximum absolute atomic E-state index is 12.1. The van der Waals surface area contributed by atoms with E-state index in [0.29, 0.717) is 11.3 Å². The van der Waals surface area contributed by atoms with Gasteiger partial charge in [-0.1, -0.05) is 0 Å². The molecule has 3 heterocycles. The van der Waals surface area contributed by atoms with Crippen molar-refractivity contribution in [3.63, 3.8) is 0 Å². The molecule has 0 aromatic carbocycles. The van der Waals surface area contributed by atoms with E-state index in [2.05, 4.69) is 37.8 Å². The Kier molecular flexibility index (Phi) is 4.71. The number of thiophene rings is 1. The van der Waals surface area contributed by atoms with Gasteiger partial charge in [-0.05, 0) is 40.8 Å². The highest BCUT2D eigenvalue weighted by Gasteiger charge is 2.13. The van der Waals surface area contributed by atoms with Crippen LogP contribution in [-0.4, -0.2) is 37.2 Å². The van der Waals surface area contributed by atoms with Crippen molar-refractivity contribution < 1.29 is 9.53 Å². The summed E-state index contributed by atoms with van der Waals surface area (Å²) in [4.78, 5) is 18.6. The highest BCUT2D eigenvalue weighted by atomic mass is 127. The van der Waals surface area contributed by atoms with E-state index < -0.39 is 0 Å². The third-order valence-electron chi connectivity index (χ3n) is 3.17. The summed E-state index contributed by atoms with van der Waals surface area (Å²) in [6.07, 6.45) is 1.69. The highest BCUT2D eigenvalue weighted by molar-refractivity contribution is 14.1. The number of amides is 1. The molecule has 1 fully saturated rings. The van der Waals surface area contributed by atoms with E-state index in [1.807, 2.05) is 23.6 Å². The lowest BCUT2D eigenvalue weighted by molar-refractivity contribution is 0.102. The smallest absolute Gasteiger partial charge is 0.256 e. The Hall–Kier alpha value is -1.19. The number of pyridine rings is 1. The summed E-state index contributed by atoms with van der Waals surface area (Å²) in [6.45, 7) is 3.17. The average molecular weight is 415 g/mol. The minimum absolute atomic E-state index is 0.102. The lowest BCUT2D eigenvalue weighted by atomic mass is 10.3. The van der Waals surface area contributed by atoms with Crippen molar-refractivity contribution in [3.05, 3.63) is 38.2 Å². The fourth-order valence-corrected chi connectivity index (χ4v) is 3.40. The lowest BCUT2D eigenvalue weighted by Crippen LogP contribution is -2.36. The fraction of sp³-hybridized carbons (Fsp3) is 0.286. The van der Waals surface area contributed by atoms with Crippen LogP contribution < -0.4 is 10.2 Å². The normalized spacial score (nSPS) is 15.0. The Bertz CT molecular complexity index is 623. The molecular formula is C14H14IN3O2S. The van der Waals surface area contributed by atoms with Crippen LogP contribution in [0.5, 0.6) is 0 Å². The Balaban J connectivity index is 1.65. The standard InChI is InChI=1S/C14H14IN3O2S/c15-12-7-10(9-21-12)14(19)17-11-1-2-13(16-8-11)18-3-5-20-6-4-18/h1-2,7-9H,3-6H2,(H,17,19). The van der Waals surface area contributed by atoms with Crippen LogP contribution in [0.3, 0.4) is 0 Å². The first kappa shape index (κ1) is 14.7. The molecule has 2 aromatic heterocycles. The summed E-state index contributed by atoms with van der Waals surface area (Å²) >= 11 is 3.76. The molecule has 21 heavy (non-hydrogen) atoms. The Morgan fingerprint density at radius 3 is 2.81 bits per heavy atom. The fourth-order valence-electron chi connectivity index (χ4n) is 2.07. The molecule has 1 amide bonds. The van der Waals surface area contributed by atoms with Crippen LogP contribution in [0.2, 0.25) is 0 Å². The predicted molar refractivity (Wildman–Crippen MR) is 92.3 cm³/mol. The van der Waals surface area contributed by atoms with Crippen LogP contribution in [0, 0.1) is 2.88 Å². The number of ether oxygens (including phenoxy) is 1. The summed E-state index contributed by atoms with van der Waals surface area (Å²) in [5.41, 5.74) is 1.39. The van der Waals surface area contributed by atoms with E-state index in [4.69, 9.17) is 4.74 Å². The van der Waals surface area contributed by atoms with Crippen molar-refractivity contribution in [3.8, 4) is 0 Å². The van der Waals surface area contributed by atoms with Crippen LogP contribution in [0.4, 0.5) is 11.5 Å². The first-order valence-electron chi connectivity index (χ1n) is 6.56. The number of anilines is 2. The number of carbonyl (C=O) groups excluding carboxylic acids is 1. The first-order chi connectivity index (χ1) is 10.2. The van der Waals surface area contributed by atoms with Gasteiger partial charge in [-0.2, -0.15) is 0 Å². The maximum Gasteiger partial charge on any atom is 0.256 e. The molecule has 5 nitrogen and oxygen atoms in total. The van der Waals surface area contributed by atoms with Crippen molar-refractivity contribution in [2.45, 2.75) is 0 Å². The van der Waals surface area contributed by atoms with Crippen molar-refractivity contribution in [1.82, 2.24) is 4.98 Å². The Morgan fingerprint density at radius 2 is 2.19 bits per heavy atom. The Labute approximate surface area is 140 Å². The summed E-state index contributed by atoms with van der Waals surface area (Å²) in [5, 5.41) is 4.71. The second kappa shape index (κ2) is 6.71. The maximum atomic E-state index is 12.1.